The van der Waals surface area contributed by atoms with E-state index < -0.39 is 11.5 Å². The van der Waals surface area contributed by atoms with E-state index in [0.717, 1.165) is 41.5 Å². The Balaban J connectivity index is 1.04. The third kappa shape index (κ3) is 11.0. The summed E-state index contributed by atoms with van der Waals surface area (Å²) in [5, 5.41) is 6.01. The van der Waals surface area contributed by atoms with E-state index in [9.17, 15) is 19.2 Å². The van der Waals surface area contributed by atoms with Crippen LogP contribution in [-0.2, 0) is 44.0 Å². The average Bonchev–Trinajstić information content (AvgIpc) is 3.74. The van der Waals surface area contributed by atoms with Gasteiger partial charge in [-0.3, -0.25) is 14.4 Å². The fraction of sp³-hybridized carbons (Fsp3) is 0.553. The number of hydrogen-bond acceptors (Lipinski definition) is 6. The zero-order valence-electron chi connectivity index (χ0n) is 34.2. The summed E-state index contributed by atoms with van der Waals surface area (Å²) in [6, 6.07) is 18.9. The van der Waals surface area contributed by atoms with Crippen LogP contribution in [0.25, 0.3) is 0 Å². The first-order valence-corrected chi connectivity index (χ1v) is 21.7. The van der Waals surface area contributed by atoms with Crippen LogP contribution in [-0.4, -0.2) is 63.8 Å². The maximum atomic E-state index is 14.0. The number of ether oxygens (including phenoxy) is 1. The SMILES string of the molecule is CCCCCCCCCCCCCCCC(=O)N(CC(=O)Nc1ccc2c(c1)C[C@@]1(C2)C(=O)Nc2ncccc21)[C@H]1CC[C@@H](C)N(C(=O)OCc2ccccc2)C1. The van der Waals surface area contributed by atoms with Crippen molar-refractivity contribution in [2.45, 2.75) is 154 Å². The van der Waals surface area contributed by atoms with Gasteiger partial charge in [-0.05, 0) is 73.9 Å². The smallest absolute Gasteiger partial charge is 0.410 e. The molecule has 2 aliphatic heterocycles. The quantitative estimate of drug-likeness (QED) is 0.110. The van der Waals surface area contributed by atoms with Crippen molar-refractivity contribution in [1.82, 2.24) is 14.8 Å². The number of anilines is 2. The Morgan fingerprint density at radius 1 is 0.860 bits per heavy atom. The molecule has 1 spiro atoms. The molecular weight excluding hydrogens is 715 g/mol. The largest absolute Gasteiger partial charge is 0.445 e. The van der Waals surface area contributed by atoms with Crippen molar-refractivity contribution in [3.8, 4) is 0 Å². The first kappa shape index (κ1) is 41.9. The Hall–Kier alpha value is -4.73. The maximum absolute atomic E-state index is 14.0. The monoisotopic (exact) mass is 777 g/mol. The predicted octanol–water partition coefficient (Wildman–Crippen LogP) is 9.51. The molecule has 1 aliphatic carbocycles. The van der Waals surface area contributed by atoms with E-state index in [1.807, 2.05) is 67.6 Å². The molecule has 57 heavy (non-hydrogen) atoms. The number of hydrogen-bond donors (Lipinski definition) is 2. The first-order chi connectivity index (χ1) is 27.8. The molecule has 0 bridgehead atoms. The molecule has 3 atom stereocenters. The molecule has 306 valence electrons. The van der Waals surface area contributed by atoms with Crippen LogP contribution in [0, 0.1) is 0 Å². The van der Waals surface area contributed by atoms with Crippen LogP contribution < -0.4 is 10.6 Å². The highest BCUT2D eigenvalue weighted by Gasteiger charge is 2.51. The van der Waals surface area contributed by atoms with Gasteiger partial charge in [0.15, 0.2) is 0 Å². The standard InChI is InChI=1S/C47H63N5O5/c1-3-4-5-6-7-8-9-10-11-12-13-14-18-23-43(54)52(40-27-24-35(2)51(32-40)46(56)57-34-36-20-16-15-17-21-36)33-42(53)49-39-26-25-37-30-47(31-38(37)29-39)41-22-19-28-48-44(41)50-45(47)55/h15-17,19-22,25-26,28-29,35,40H,3-14,18,23-24,27,30-34H2,1-2H3,(H,49,53)(H,48,50,55)/t35-,40+,47-/m1/s1. The fourth-order valence-electron chi connectivity index (χ4n) is 8.96. The third-order valence-corrected chi connectivity index (χ3v) is 12.3. The Morgan fingerprint density at radius 2 is 1.54 bits per heavy atom. The molecule has 3 aliphatic rings. The van der Waals surface area contributed by atoms with E-state index in [0.29, 0.717) is 50.2 Å². The van der Waals surface area contributed by atoms with Gasteiger partial charge in [0.1, 0.15) is 19.0 Å². The fourth-order valence-corrected chi connectivity index (χ4v) is 8.96. The summed E-state index contributed by atoms with van der Waals surface area (Å²) < 4.78 is 5.71. The normalized spacial score (nSPS) is 19.5. The van der Waals surface area contributed by atoms with E-state index in [1.165, 1.54) is 64.2 Å². The lowest BCUT2D eigenvalue weighted by Gasteiger charge is -2.42. The highest BCUT2D eigenvalue weighted by molar-refractivity contribution is 6.06. The Morgan fingerprint density at radius 3 is 2.26 bits per heavy atom. The molecule has 0 saturated carbocycles. The lowest BCUT2D eigenvalue weighted by Crippen LogP contribution is -2.56. The number of benzene rings is 2. The number of likely N-dealkylation sites (tertiary alicyclic amines) is 1. The molecule has 1 saturated heterocycles. The van der Waals surface area contributed by atoms with Crippen molar-refractivity contribution >= 4 is 35.3 Å². The number of nitrogens with zero attached hydrogens (tertiary/aromatic N) is 3. The summed E-state index contributed by atoms with van der Waals surface area (Å²) in [5.74, 6) is 0.232. The number of piperidine rings is 1. The summed E-state index contributed by atoms with van der Waals surface area (Å²) in [6.07, 6.45) is 20.1. The zero-order valence-corrected chi connectivity index (χ0v) is 34.2. The van der Waals surface area contributed by atoms with Gasteiger partial charge in [0, 0.05) is 36.5 Å². The minimum absolute atomic E-state index is 0.0456. The predicted molar refractivity (Wildman–Crippen MR) is 225 cm³/mol. The second-order valence-electron chi connectivity index (χ2n) is 16.6. The third-order valence-electron chi connectivity index (χ3n) is 12.3. The molecule has 2 aromatic carbocycles. The lowest BCUT2D eigenvalue weighted by atomic mass is 9.79. The van der Waals surface area contributed by atoms with Crippen molar-refractivity contribution in [2.24, 2.45) is 0 Å². The van der Waals surface area contributed by atoms with Crippen LogP contribution in [0.4, 0.5) is 16.3 Å². The Labute approximate surface area is 339 Å². The van der Waals surface area contributed by atoms with Crippen LogP contribution in [0.3, 0.4) is 0 Å². The number of aromatic nitrogens is 1. The van der Waals surface area contributed by atoms with E-state index in [1.54, 1.807) is 16.0 Å². The summed E-state index contributed by atoms with van der Waals surface area (Å²) in [7, 11) is 0. The molecule has 0 unspecified atom stereocenters. The zero-order chi connectivity index (χ0) is 40.0. The molecule has 2 N–H and O–H groups in total. The lowest BCUT2D eigenvalue weighted by molar-refractivity contribution is -0.138. The van der Waals surface area contributed by atoms with Gasteiger partial charge in [0.2, 0.25) is 17.7 Å². The number of unbranched alkanes of at least 4 members (excludes halogenated alkanes) is 12. The molecule has 4 amide bonds. The molecule has 1 fully saturated rings. The van der Waals surface area contributed by atoms with Crippen molar-refractivity contribution in [1.29, 1.82) is 0 Å². The van der Waals surface area contributed by atoms with Gasteiger partial charge in [0.25, 0.3) is 0 Å². The number of pyridine rings is 1. The van der Waals surface area contributed by atoms with E-state index in [-0.39, 0.29) is 43.0 Å². The number of amides is 4. The van der Waals surface area contributed by atoms with Crippen molar-refractivity contribution in [2.75, 3.05) is 23.7 Å². The van der Waals surface area contributed by atoms with Gasteiger partial charge in [-0.25, -0.2) is 9.78 Å². The molecule has 3 aromatic rings. The molecule has 1 aromatic heterocycles. The number of carbonyl (C=O) groups is 4. The Bertz CT molecular complexity index is 1820. The van der Waals surface area contributed by atoms with Crippen LogP contribution in [0.5, 0.6) is 0 Å². The second-order valence-corrected chi connectivity index (χ2v) is 16.6. The van der Waals surface area contributed by atoms with Gasteiger partial charge in [0.05, 0.1) is 11.5 Å². The second kappa shape index (κ2) is 20.6. The van der Waals surface area contributed by atoms with Gasteiger partial charge >= 0.3 is 6.09 Å². The van der Waals surface area contributed by atoms with E-state index in [4.69, 9.17) is 4.74 Å². The number of carbonyl (C=O) groups excluding carboxylic acids is 4. The topological polar surface area (TPSA) is 121 Å². The van der Waals surface area contributed by atoms with Crippen LogP contribution in [0.15, 0.2) is 66.9 Å². The van der Waals surface area contributed by atoms with Crippen molar-refractivity contribution < 1.29 is 23.9 Å². The maximum Gasteiger partial charge on any atom is 0.410 e. The molecule has 6 rings (SSSR count). The van der Waals surface area contributed by atoms with Crippen molar-refractivity contribution in [3.05, 3.63) is 89.1 Å². The molecule has 10 nitrogen and oxygen atoms in total. The van der Waals surface area contributed by atoms with E-state index >= 15 is 0 Å². The van der Waals surface area contributed by atoms with Gasteiger partial charge in [-0.2, -0.15) is 0 Å². The number of nitrogens with one attached hydrogen (secondary N) is 2. The summed E-state index contributed by atoms with van der Waals surface area (Å²) >= 11 is 0. The number of fused-ring (bicyclic) bond motifs is 3. The summed E-state index contributed by atoms with van der Waals surface area (Å²) in [6.45, 7) is 4.65. The number of rotatable bonds is 20. The minimum atomic E-state index is -0.697. The van der Waals surface area contributed by atoms with E-state index in [2.05, 4.69) is 22.5 Å². The first-order valence-electron chi connectivity index (χ1n) is 21.7. The summed E-state index contributed by atoms with van der Waals surface area (Å²) in [5.41, 5.74) is 3.85. The highest BCUT2D eigenvalue weighted by Crippen LogP contribution is 2.47. The van der Waals surface area contributed by atoms with Gasteiger partial charge < -0.3 is 25.2 Å². The highest BCUT2D eigenvalue weighted by atomic mass is 16.6. The molecule has 10 heteroatoms. The van der Waals surface area contributed by atoms with Crippen LogP contribution in [0.1, 0.15) is 139 Å². The Kier molecular flexibility index (Phi) is 15.2. The summed E-state index contributed by atoms with van der Waals surface area (Å²) in [4.78, 5) is 62.2. The van der Waals surface area contributed by atoms with Crippen LogP contribution >= 0.6 is 0 Å². The molecular formula is C47H63N5O5. The minimum Gasteiger partial charge on any atom is -0.445 e. The van der Waals surface area contributed by atoms with Gasteiger partial charge in [-0.1, -0.05) is 126 Å². The van der Waals surface area contributed by atoms with Gasteiger partial charge in [-0.15, -0.1) is 0 Å². The van der Waals surface area contributed by atoms with Crippen LogP contribution in [0.2, 0.25) is 0 Å². The molecule has 0 radical (unpaired) electrons. The van der Waals surface area contributed by atoms with Crippen molar-refractivity contribution in [3.63, 3.8) is 0 Å². The average molecular weight is 778 g/mol. The molecule has 3 heterocycles.